The van der Waals surface area contributed by atoms with E-state index in [0.29, 0.717) is 16.9 Å². The van der Waals surface area contributed by atoms with E-state index in [9.17, 15) is 13.2 Å². The Labute approximate surface area is 111 Å². The Hall–Kier alpha value is -1.64. The Morgan fingerprint density at radius 1 is 1.32 bits per heavy atom. The smallest absolute Gasteiger partial charge is 0.263 e. The highest BCUT2D eigenvalue weighted by molar-refractivity contribution is 7.89. The van der Waals surface area contributed by atoms with E-state index >= 15 is 0 Å². The van der Waals surface area contributed by atoms with E-state index < -0.39 is 22.5 Å². The molecule has 0 aliphatic carbocycles. The van der Waals surface area contributed by atoms with Gasteiger partial charge >= 0.3 is 0 Å². The van der Waals surface area contributed by atoms with Crippen molar-refractivity contribution in [2.75, 3.05) is 13.7 Å². The number of nitrogens with two attached hydrogens (primary N) is 1. The van der Waals surface area contributed by atoms with Crippen LogP contribution in [0, 0.1) is 13.8 Å². The van der Waals surface area contributed by atoms with Crippen LogP contribution in [0.4, 0.5) is 0 Å². The second-order valence-electron chi connectivity index (χ2n) is 3.93. The van der Waals surface area contributed by atoms with E-state index in [-0.39, 0.29) is 4.90 Å². The minimum absolute atomic E-state index is 0.0813. The van der Waals surface area contributed by atoms with Gasteiger partial charge in [-0.15, -0.1) is 0 Å². The second kappa shape index (κ2) is 6.00. The first-order valence-electron chi connectivity index (χ1n) is 5.35. The third kappa shape index (κ3) is 3.91. The Morgan fingerprint density at radius 2 is 1.84 bits per heavy atom. The maximum Gasteiger partial charge on any atom is 0.263 e. The summed E-state index contributed by atoms with van der Waals surface area (Å²) in [5, 5.41) is 0. The van der Waals surface area contributed by atoms with Crippen LogP contribution in [-0.2, 0) is 19.7 Å². The van der Waals surface area contributed by atoms with E-state index in [4.69, 9.17) is 10.5 Å². The molecule has 0 aliphatic heterocycles. The van der Waals surface area contributed by atoms with Crippen molar-refractivity contribution in [1.82, 2.24) is 4.89 Å². The van der Waals surface area contributed by atoms with Gasteiger partial charge in [0.05, 0.1) is 12.0 Å². The first-order chi connectivity index (χ1) is 8.77. The number of primary amides is 1. The molecule has 0 bridgehead atoms. The summed E-state index contributed by atoms with van der Waals surface area (Å²) in [6, 6.07) is 3.19. The van der Waals surface area contributed by atoms with Crippen LogP contribution >= 0.6 is 0 Å². The Balaban J connectivity index is 3.04. The van der Waals surface area contributed by atoms with Gasteiger partial charge in [-0.3, -0.25) is 9.63 Å². The van der Waals surface area contributed by atoms with Crippen LogP contribution in [0.2, 0.25) is 0 Å². The van der Waals surface area contributed by atoms with Gasteiger partial charge in [0.25, 0.3) is 10.0 Å². The average molecular weight is 288 g/mol. The fourth-order valence-corrected chi connectivity index (χ4v) is 2.94. The fourth-order valence-electron chi connectivity index (χ4n) is 1.67. The summed E-state index contributed by atoms with van der Waals surface area (Å²) in [5.41, 5.74) is 5.86. The zero-order valence-corrected chi connectivity index (χ0v) is 11.7. The molecule has 0 unspecified atom stereocenters. The quantitative estimate of drug-likeness (QED) is 0.717. The van der Waals surface area contributed by atoms with Crippen LogP contribution in [-0.4, -0.2) is 28.0 Å². The summed E-state index contributed by atoms with van der Waals surface area (Å²) < 4.78 is 29.1. The number of nitrogens with one attached hydrogen (secondary N) is 1. The molecule has 1 aromatic rings. The van der Waals surface area contributed by atoms with E-state index in [1.54, 1.807) is 26.0 Å². The first-order valence-corrected chi connectivity index (χ1v) is 6.83. The summed E-state index contributed by atoms with van der Waals surface area (Å²) in [6.45, 7) is 2.74. The Kier molecular flexibility index (Phi) is 4.87. The van der Waals surface area contributed by atoms with Gasteiger partial charge in [-0.1, -0.05) is 4.89 Å². The third-order valence-electron chi connectivity index (χ3n) is 2.32. The van der Waals surface area contributed by atoms with Crippen molar-refractivity contribution in [3.63, 3.8) is 0 Å². The predicted octanol–water partition coefficient (Wildman–Crippen LogP) is 0.00724. The number of sulfonamides is 1. The number of amides is 1. The molecule has 0 aromatic heterocycles. The number of ether oxygens (including phenoxy) is 1. The highest BCUT2D eigenvalue weighted by Crippen LogP contribution is 2.25. The standard InChI is InChI=1S/C11H16N2O5S/c1-7-4-9(17-3)5-8(2)11(7)19(15,16)13-18-6-10(12)14/h4-5,13H,6H2,1-3H3,(H2,12,14). The van der Waals surface area contributed by atoms with Crippen LogP contribution in [0.1, 0.15) is 11.1 Å². The molecule has 1 aromatic carbocycles. The van der Waals surface area contributed by atoms with Crippen molar-refractivity contribution in [3.8, 4) is 5.75 Å². The zero-order chi connectivity index (χ0) is 14.6. The summed E-state index contributed by atoms with van der Waals surface area (Å²) in [4.78, 5) is 17.0. The van der Waals surface area contributed by atoms with Crippen LogP contribution < -0.4 is 15.4 Å². The molecule has 106 valence electrons. The van der Waals surface area contributed by atoms with Gasteiger partial charge in [0.1, 0.15) is 12.4 Å². The number of methoxy groups -OCH3 is 1. The normalized spacial score (nSPS) is 11.3. The van der Waals surface area contributed by atoms with Gasteiger partial charge in [0.2, 0.25) is 5.91 Å². The second-order valence-corrected chi connectivity index (χ2v) is 5.51. The largest absolute Gasteiger partial charge is 0.497 e. The monoisotopic (exact) mass is 288 g/mol. The summed E-state index contributed by atoms with van der Waals surface area (Å²) >= 11 is 0. The van der Waals surface area contributed by atoms with Crippen LogP contribution in [0.3, 0.4) is 0 Å². The van der Waals surface area contributed by atoms with Gasteiger partial charge in [-0.2, -0.15) is 0 Å². The van der Waals surface area contributed by atoms with Crippen molar-refractivity contribution >= 4 is 15.9 Å². The predicted molar refractivity (Wildman–Crippen MR) is 67.9 cm³/mol. The number of carbonyl (C=O) groups is 1. The summed E-state index contributed by atoms with van der Waals surface area (Å²) in [5.74, 6) is -0.210. The zero-order valence-electron chi connectivity index (χ0n) is 10.9. The van der Waals surface area contributed by atoms with Gasteiger partial charge in [-0.25, -0.2) is 8.42 Å². The van der Waals surface area contributed by atoms with Crippen molar-refractivity contribution in [1.29, 1.82) is 0 Å². The minimum atomic E-state index is -3.88. The molecule has 0 saturated carbocycles. The van der Waals surface area contributed by atoms with Crippen molar-refractivity contribution in [2.45, 2.75) is 18.7 Å². The van der Waals surface area contributed by atoms with Crippen molar-refractivity contribution in [2.24, 2.45) is 5.73 Å². The molecular weight excluding hydrogens is 272 g/mol. The molecule has 0 fully saturated rings. The van der Waals surface area contributed by atoms with Gasteiger partial charge in [0, 0.05) is 0 Å². The number of benzene rings is 1. The maximum atomic E-state index is 12.0. The lowest BCUT2D eigenvalue weighted by atomic mass is 10.1. The molecule has 0 saturated heterocycles. The molecule has 0 radical (unpaired) electrons. The molecule has 8 heteroatoms. The number of carbonyl (C=O) groups excluding carboxylic acids is 1. The molecule has 1 amide bonds. The molecule has 3 N–H and O–H groups in total. The van der Waals surface area contributed by atoms with Gasteiger partial charge < -0.3 is 10.5 Å². The van der Waals surface area contributed by atoms with E-state index in [2.05, 4.69) is 4.84 Å². The molecule has 19 heavy (non-hydrogen) atoms. The van der Waals surface area contributed by atoms with Gasteiger partial charge in [0.15, 0.2) is 0 Å². The molecule has 0 atom stereocenters. The van der Waals surface area contributed by atoms with E-state index in [1.165, 1.54) is 7.11 Å². The average Bonchev–Trinajstić information content (AvgIpc) is 2.26. The Morgan fingerprint density at radius 3 is 2.26 bits per heavy atom. The number of hydrogen-bond donors (Lipinski definition) is 2. The highest BCUT2D eigenvalue weighted by atomic mass is 32.2. The molecule has 0 heterocycles. The topological polar surface area (TPSA) is 108 Å². The van der Waals surface area contributed by atoms with Crippen LogP contribution in [0.25, 0.3) is 0 Å². The van der Waals surface area contributed by atoms with E-state index in [0.717, 1.165) is 0 Å². The third-order valence-corrected chi connectivity index (χ3v) is 3.84. The maximum absolute atomic E-state index is 12.0. The van der Waals surface area contributed by atoms with Crippen molar-refractivity contribution in [3.05, 3.63) is 23.3 Å². The molecular formula is C11H16N2O5S. The lowest BCUT2D eigenvalue weighted by Crippen LogP contribution is -2.30. The SMILES string of the molecule is COc1cc(C)c(S(=O)(=O)NOCC(N)=O)c(C)c1. The van der Waals surface area contributed by atoms with Crippen molar-refractivity contribution < 1.29 is 22.8 Å². The van der Waals surface area contributed by atoms with E-state index in [1.807, 2.05) is 4.89 Å². The number of hydrogen-bond acceptors (Lipinski definition) is 5. The summed E-state index contributed by atoms with van der Waals surface area (Å²) in [6.07, 6.45) is 0. The Bertz CT molecular complexity index is 560. The summed E-state index contributed by atoms with van der Waals surface area (Å²) in [7, 11) is -2.38. The highest BCUT2D eigenvalue weighted by Gasteiger charge is 2.21. The number of rotatable bonds is 6. The number of aryl methyl sites for hydroxylation is 2. The molecule has 0 spiro atoms. The van der Waals surface area contributed by atoms with Crippen LogP contribution in [0.5, 0.6) is 5.75 Å². The lowest BCUT2D eigenvalue weighted by Gasteiger charge is -2.13. The fraction of sp³-hybridized carbons (Fsp3) is 0.364. The molecule has 7 nitrogen and oxygen atoms in total. The lowest BCUT2D eigenvalue weighted by molar-refractivity contribution is -0.123. The first kappa shape index (κ1) is 15.4. The van der Waals surface area contributed by atoms with Crippen LogP contribution in [0.15, 0.2) is 17.0 Å². The molecule has 0 aliphatic rings. The van der Waals surface area contributed by atoms with Gasteiger partial charge in [-0.05, 0) is 37.1 Å². The molecule has 1 rings (SSSR count). The minimum Gasteiger partial charge on any atom is -0.497 e.